The molecule has 0 amide bonds. The number of nitrogens with zero attached hydrogens (tertiary/aromatic N) is 4. The van der Waals surface area contributed by atoms with Crippen LogP contribution in [0.15, 0.2) is 12.2 Å². The predicted octanol–water partition coefficient (Wildman–Crippen LogP) is 6.45. The van der Waals surface area contributed by atoms with Gasteiger partial charge in [-0.15, -0.1) is 38.3 Å². The molecule has 4 nitrogen and oxygen atoms in total. The Bertz CT molecular complexity index is 366. The zero-order valence-electron chi connectivity index (χ0n) is 16.5. The van der Waals surface area contributed by atoms with Crippen LogP contribution in [-0.2, 0) is 0 Å². The summed E-state index contributed by atoms with van der Waals surface area (Å²) in [6.45, 7) is 4.17. The molecule has 0 aromatic carbocycles. The molecule has 27 heavy (non-hydrogen) atoms. The van der Waals surface area contributed by atoms with Gasteiger partial charge in [-0.2, -0.15) is 18.1 Å². The van der Waals surface area contributed by atoms with Gasteiger partial charge in [0, 0.05) is 0 Å². The topological polar surface area (TPSA) is 56.4 Å². The molecule has 1 radical (unpaired) electrons. The van der Waals surface area contributed by atoms with E-state index in [1.807, 2.05) is 0 Å². The van der Waals surface area contributed by atoms with Crippen molar-refractivity contribution in [2.45, 2.75) is 88.4 Å². The van der Waals surface area contributed by atoms with Crippen LogP contribution >= 0.6 is 19.3 Å². The first-order valence-corrected chi connectivity index (χ1v) is 17.1. The van der Waals surface area contributed by atoms with Crippen molar-refractivity contribution in [3.63, 3.8) is 0 Å². The molecule has 0 saturated carbocycles. The van der Waals surface area contributed by atoms with Crippen LogP contribution in [0.2, 0.25) is 0 Å². The van der Waals surface area contributed by atoms with Crippen molar-refractivity contribution in [2.24, 2.45) is 0 Å². The molecule has 4 rings (SSSR count). The summed E-state index contributed by atoms with van der Waals surface area (Å²) >= 11 is -0.743. The molecule has 4 unspecified atom stereocenters. The Hall–Kier alpha value is 0.796. The third-order valence-corrected chi connectivity index (χ3v) is 5.69. The van der Waals surface area contributed by atoms with Crippen LogP contribution in [0.25, 0.3) is 21.3 Å². The van der Waals surface area contributed by atoms with E-state index < -0.39 is 15.4 Å². The summed E-state index contributed by atoms with van der Waals surface area (Å²) < 4.78 is 0. The van der Waals surface area contributed by atoms with Gasteiger partial charge in [0.1, 0.15) is 0 Å². The van der Waals surface area contributed by atoms with E-state index in [2.05, 4.69) is 33.4 Å². The molecule has 0 spiro atoms. The number of hydrogen-bond donors (Lipinski definition) is 0. The van der Waals surface area contributed by atoms with Crippen molar-refractivity contribution in [2.75, 3.05) is 26.2 Å². The molecule has 0 N–H and O–H groups in total. The molecule has 4 aliphatic rings. The summed E-state index contributed by atoms with van der Waals surface area (Å²) in [4.78, 5) is 0. The average Bonchev–Trinajstić information content (AvgIpc) is 2.77. The summed E-state index contributed by atoms with van der Waals surface area (Å²) in [6, 6.07) is 2.25. The molecule has 4 aliphatic heterocycles. The van der Waals surface area contributed by atoms with Crippen LogP contribution in [0, 0.1) is 0 Å². The second kappa shape index (κ2) is 15.6. The monoisotopic (exact) mass is 469 g/mol. The van der Waals surface area contributed by atoms with Gasteiger partial charge in [0.05, 0.1) is 0 Å². The first kappa shape index (κ1) is 24.1. The first-order chi connectivity index (χ1) is 13.3. The molecule has 0 aromatic heterocycles. The van der Waals surface area contributed by atoms with Crippen LogP contribution in [0.3, 0.4) is 0 Å². The second-order valence-corrected chi connectivity index (χ2v) is 11.4. The van der Waals surface area contributed by atoms with Gasteiger partial charge in [-0.3, -0.25) is 0 Å². The van der Waals surface area contributed by atoms with Gasteiger partial charge in [-0.05, 0) is 0 Å². The Morgan fingerprint density at radius 1 is 0.593 bits per heavy atom. The summed E-state index contributed by atoms with van der Waals surface area (Å²) in [7, 11) is 9.84. The molecule has 4 heterocycles. The molecule has 3 saturated heterocycles. The molecule has 155 valence electrons. The fourth-order valence-corrected chi connectivity index (χ4v) is 4.24. The van der Waals surface area contributed by atoms with E-state index in [1.165, 1.54) is 57.8 Å². The van der Waals surface area contributed by atoms with Gasteiger partial charge in [-0.25, -0.2) is 0 Å². The van der Waals surface area contributed by atoms with Crippen molar-refractivity contribution in [3.05, 3.63) is 33.4 Å². The first-order valence-electron chi connectivity index (χ1n) is 10.7. The van der Waals surface area contributed by atoms with E-state index in [1.54, 1.807) is 0 Å². The Morgan fingerprint density at radius 2 is 1.04 bits per heavy atom. The molecule has 0 aromatic rings. The third kappa shape index (κ3) is 9.90. The van der Waals surface area contributed by atoms with Gasteiger partial charge in [0.15, 0.2) is 0 Å². The van der Waals surface area contributed by atoms with Crippen LogP contribution in [0.4, 0.5) is 0 Å². The number of hydrogen-bond acceptors (Lipinski definition) is 0. The molecule has 0 aliphatic carbocycles. The third-order valence-electron chi connectivity index (χ3n) is 5.69. The van der Waals surface area contributed by atoms with Gasteiger partial charge >= 0.3 is 34.7 Å². The Balaban J connectivity index is 0.000000170. The van der Waals surface area contributed by atoms with Crippen molar-refractivity contribution in [1.29, 1.82) is 0 Å². The summed E-state index contributed by atoms with van der Waals surface area (Å²) in [5.74, 6) is 0. The predicted molar refractivity (Wildman–Crippen MR) is 121 cm³/mol. The van der Waals surface area contributed by atoms with Crippen LogP contribution in [0.1, 0.15) is 64.2 Å². The zero-order chi connectivity index (χ0) is 19.2. The van der Waals surface area contributed by atoms with Crippen LogP contribution in [0.5, 0.6) is 0 Å². The fourth-order valence-electron chi connectivity index (χ4n) is 4.24. The van der Waals surface area contributed by atoms with Crippen molar-refractivity contribution >= 4 is 34.7 Å². The Kier molecular flexibility index (Phi) is 13.9. The standard InChI is InChI=1S/C10H18N2.C10H16N2.2ClH.Ga/c2*1-3-7-11-9(5-1)10-6-2-4-8-12-10;;;/h9-10H,1-8H2;1,3,9-10H,2,4-8H2;2*1H;/q2*-2;;;+2/p-2. The zero-order valence-corrected chi connectivity index (χ0v) is 20.4. The number of piperidine rings is 3. The van der Waals surface area contributed by atoms with Gasteiger partial charge in [0.25, 0.3) is 0 Å². The summed E-state index contributed by atoms with van der Waals surface area (Å²) in [6.07, 6.45) is 17.4. The van der Waals surface area contributed by atoms with Crippen molar-refractivity contribution < 1.29 is 0 Å². The quantitative estimate of drug-likeness (QED) is 0.329. The Morgan fingerprint density at radius 3 is 1.37 bits per heavy atom. The molecule has 4 atom stereocenters. The van der Waals surface area contributed by atoms with E-state index >= 15 is 0 Å². The maximum atomic E-state index is 4.92. The van der Waals surface area contributed by atoms with E-state index in [0.717, 1.165) is 32.6 Å². The molecular formula is C20H34Cl2GaN4-4. The van der Waals surface area contributed by atoms with Crippen LogP contribution in [-0.4, -0.2) is 65.8 Å². The van der Waals surface area contributed by atoms with Gasteiger partial charge < -0.3 is 21.3 Å². The van der Waals surface area contributed by atoms with E-state index in [0.29, 0.717) is 24.2 Å². The summed E-state index contributed by atoms with van der Waals surface area (Å²) in [5, 5.41) is 18.5. The second-order valence-electron chi connectivity index (χ2n) is 7.63. The molecular weight excluding hydrogens is 437 g/mol. The summed E-state index contributed by atoms with van der Waals surface area (Å²) in [5.41, 5.74) is 0. The van der Waals surface area contributed by atoms with Gasteiger partial charge in [-0.1, -0.05) is 70.3 Å². The van der Waals surface area contributed by atoms with E-state index in [-0.39, 0.29) is 0 Å². The minimum atomic E-state index is -0.743. The van der Waals surface area contributed by atoms with Crippen molar-refractivity contribution in [1.82, 2.24) is 0 Å². The Labute approximate surface area is 182 Å². The van der Waals surface area contributed by atoms with Crippen molar-refractivity contribution in [3.8, 4) is 0 Å². The fraction of sp³-hybridized carbons (Fsp3) is 0.900. The minimum absolute atomic E-state index is 0.510. The van der Waals surface area contributed by atoms with Gasteiger partial charge in [0.2, 0.25) is 0 Å². The molecule has 7 heteroatoms. The normalized spacial score (nSPS) is 33.7. The van der Waals surface area contributed by atoms with E-state index in [9.17, 15) is 0 Å². The van der Waals surface area contributed by atoms with Crippen LogP contribution < -0.4 is 0 Å². The maximum absolute atomic E-state index is 4.92. The SMILES string of the molecule is C1=CCC(C2CCCC[N-]2)[N-]C1.C1CCC(C2CCCC[N-]2)[N-]C1.[Cl][Ga][Cl]. The average molecular weight is 471 g/mol. The number of halogens is 2. The molecule has 0 bridgehead atoms. The van der Waals surface area contributed by atoms with E-state index in [4.69, 9.17) is 19.3 Å². The number of rotatable bonds is 2. The molecule has 3 fully saturated rings.